The zero-order chi connectivity index (χ0) is 17.7. The zero-order valence-electron chi connectivity index (χ0n) is 13.8. The zero-order valence-corrected chi connectivity index (χ0v) is 14.6. The van der Waals surface area contributed by atoms with Crippen molar-refractivity contribution in [2.45, 2.75) is 26.7 Å². The number of ether oxygens (including phenoxy) is 1. The normalized spacial score (nSPS) is 11.4. The number of nitrogens with one attached hydrogen (secondary N) is 1. The average molecular weight is 342 g/mol. The molecule has 1 heterocycles. The van der Waals surface area contributed by atoms with E-state index < -0.39 is 5.97 Å². The van der Waals surface area contributed by atoms with Gasteiger partial charge in [-0.3, -0.25) is 4.79 Å². The molecule has 0 radical (unpaired) electrons. The molecule has 1 aromatic heterocycles. The van der Waals surface area contributed by atoms with E-state index in [4.69, 9.17) is 4.74 Å². The number of carbonyl (C=O) groups is 2. The Bertz CT molecular complexity index is 791. The van der Waals surface area contributed by atoms with E-state index in [-0.39, 0.29) is 18.4 Å². The van der Waals surface area contributed by atoms with Crippen LogP contribution in [0.4, 0.5) is 5.00 Å². The Hall–Kier alpha value is -2.65. The van der Waals surface area contributed by atoms with Gasteiger partial charge >= 0.3 is 5.97 Å². The lowest BCUT2D eigenvalue weighted by molar-refractivity contribution is -0.117. The van der Waals surface area contributed by atoms with E-state index in [9.17, 15) is 14.9 Å². The Balaban J connectivity index is 2.26. The predicted molar refractivity (Wildman–Crippen MR) is 93.2 cm³/mol. The number of thiophene rings is 1. The van der Waals surface area contributed by atoms with Crippen molar-refractivity contribution in [3.05, 3.63) is 51.9 Å². The van der Waals surface area contributed by atoms with Crippen LogP contribution in [0.2, 0.25) is 0 Å². The fourth-order valence-corrected chi connectivity index (χ4v) is 3.29. The maximum absolute atomic E-state index is 12.5. The largest absolute Gasteiger partial charge is 0.462 e. The summed E-state index contributed by atoms with van der Waals surface area (Å²) in [4.78, 5) is 24.8. The molecule has 0 unspecified atom stereocenters. The molecule has 2 aromatic rings. The monoisotopic (exact) mass is 342 g/mol. The highest BCUT2D eigenvalue weighted by Crippen LogP contribution is 2.33. The lowest BCUT2D eigenvalue weighted by atomic mass is 10.0. The number of anilines is 1. The molecule has 0 saturated heterocycles. The quantitative estimate of drug-likeness (QED) is 0.837. The van der Waals surface area contributed by atoms with Gasteiger partial charge in [-0.1, -0.05) is 30.3 Å². The van der Waals surface area contributed by atoms with Crippen molar-refractivity contribution in [3.8, 4) is 6.07 Å². The number of hydrogen-bond donors (Lipinski definition) is 1. The summed E-state index contributed by atoms with van der Waals surface area (Å²) in [5, 5.41) is 12.5. The van der Waals surface area contributed by atoms with Gasteiger partial charge in [0, 0.05) is 0 Å². The van der Waals surface area contributed by atoms with Crippen LogP contribution >= 0.6 is 11.3 Å². The van der Waals surface area contributed by atoms with E-state index in [2.05, 4.69) is 11.4 Å². The van der Waals surface area contributed by atoms with E-state index in [1.54, 1.807) is 20.8 Å². The number of rotatable bonds is 5. The molecule has 1 amide bonds. The van der Waals surface area contributed by atoms with Crippen LogP contribution in [0.3, 0.4) is 0 Å². The van der Waals surface area contributed by atoms with Crippen molar-refractivity contribution < 1.29 is 14.3 Å². The summed E-state index contributed by atoms with van der Waals surface area (Å²) in [7, 11) is 0. The number of esters is 1. The third-order valence-electron chi connectivity index (χ3n) is 3.65. The Morgan fingerprint density at radius 1 is 1.33 bits per heavy atom. The van der Waals surface area contributed by atoms with Gasteiger partial charge in [-0.25, -0.2) is 4.79 Å². The van der Waals surface area contributed by atoms with Crippen molar-refractivity contribution in [2.75, 3.05) is 11.9 Å². The highest BCUT2D eigenvalue weighted by atomic mass is 32.1. The third kappa shape index (κ3) is 3.63. The van der Waals surface area contributed by atoms with Gasteiger partial charge in [-0.2, -0.15) is 5.26 Å². The number of nitrogens with zero attached hydrogens (tertiary/aromatic N) is 1. The molecule has 6 heteroatoms. The standard InChI is InChI=1S/C18H18N2O3S/c1-4-23-18(22)15-12(3)14(10-19)17(24-15)20-16(21)11(2)13-8-6-5-7-9-13/h5-9,11H,4H2,1-3H3,(H,20,21)/t11-/m0/s1. The summed E-state index contributed by atoms with van der Waals surface area (Å²) in [6.07, 6.45) is 0. The number of benzene rings is 1. The first-order chi connectivity index (χ1) is 11.5. The smallest absolute Gasteiger partial charge is 0.348 e. The van der Waals surface area contributed by atoms with Crippen LogP contribution in [0.15, 0.2) is 30.3 Å². The molecule has 1 aromatic carbocycles. The fourth-order valence-electron chi connectivity index (χ4n) is 2.24. The summed E-state index contributed by atoms with van der Waals surface area (Å²) >= 11 is 1.07. The Labute approximate surface area is 144 Å². The maximum Gasteiger partial charge on any atom is 0.348 e. The second-order valence-corrected chi connectivity index (χ2v) is 6.23. The van der Waals surface area contributed by atoms with E-state index in [0.29, 0.717) is 21.0 Å². The predicted octanol–water partition coefficient (Wildman–Crippen LogP) is 3.85. The molecule has 0 fully saturated rings. The summed E-state index contributed by atoms with van der Waals surface area (Å²) in [5.74, 6) is -1.08. The van der Waals surface area contributed by atoms with E-state index in [0.717, 1.165) is 16.9 Å². The first-order valence-electron chi connectivity index (χ1n) is 7.56. The van der Waals surface area contributed by atoms with E-state index in [1.165, 1.54) is 0 Å². The molecular formula is C18H18N2O3S. The lowest BCUT2D eigenvalue weighted by Gasteiger charge is -2.11. The van der Waals surface area contributed by atoms with Gasteiger partial charge in [-0.05, 0) is 31.9 Å². The summed E-state index contributed by atoms with van der Waals surface area (Å²) < 4.78 is 4.99. The summed E-state index contributed by atoms with van der Waals surface area (Å²) in [6, 6.07) is 11.4. The molecular weight excluding hydrogens is 324 g/mol. The van der Waals surface area contributed by atoms with Crippen molar-refractivity contribution in [3.63, 3.8) is 0 Å². The molecule has 2 rings (SSSR count). The topological polar surface area (TPSA) is 79.2 Å². The molecule has 1 atom stereocenters. The highest BCUT2D eigenvalue weighted by Gasteiger charge is 2.24. The molecule has 0 bridgehead atoms. The van der Waals surface area contributed by atoms with Crippen LogP contribution in [-0.4, -0.2) is 18.5 Å². The molecule has 1 N–H and O–H groups in total. The van der Waals surface area contributed by atoms with Crippen molar-refractivity contribution >= 4 is 28.2 Å². The molecule has 0 aliphatic heterocycles. The van der Waals surface area contributed by atoms with Gasteiger partial charge < -0.3 is 10.1 Å². The minimum absolute atomic E-state index is 0.227. The fraction of sp³-hybridized carbons (Fsp3) is 0.278. The number of carbonyl (C=O) groups excluding carboxylic acids is 2. The number of nitriles is 1. The van der Waals surface area contributed by atoms with Crippen LogP contribution in [0.1, 0.15) is 46.1 Å². The second kappa shape index (κ2) is 7.75. The van der Waals surface area contributed by atoms with Gasteiger partial charge in [0.2, 0.25) is 5.91 Å². The van der Waals surface area contributed by atoms with E-state index >= 15 is 0 Å². The molecule has 124 valence electrons. The Kier molecular flexibility index (Phi) is 5.72. The van der Waals surface area contributed by atoms with Crippen molar-refractivity contribution in [1.82, 2.24) is 0 Å². The van der Waals surface area contributed by atoms with Gasteiger partial charge in [0.1, 0.15) is 15.9 Å². The number of hydrogen-bond acceptors (Lipinski definition) is 5. The van der Waals surface area contributed by atoms with Crippen LogP contribution in [-0.2, 0) is 9.53 Å². The highest BCUT2D eigenvalue weighted by molar-refractivity contribution is 7.18. The number of amides is 1. The van der Waals surface area contributed by atoms with Crippen LogP contribution in [0.25, 0.3) is 0 Å². The molecule has 0 aliphatic carbocycles. The van der Waals surface area contributed by atoms with E-state index in [1.807, 2.05) is 30.3 Å². The minimum atomic E-state index is -0.479. The molecule has 5 nitrogen and oxygen atoms in total. The molecule has 0 saturated carbocycles. The van der Waals surface area contributed by atoms with Crippen molar-refractivity contribution in [2.24, 2.45) is 0 Å². The average Bonchev–Trinajstić information content (AvgIpc) is 2.90. The molecule has 24 heavy (non-hydrogen) atoms. The van der Waals surface area contributed by atoms with Crippen LogP contribution < -0.4 is 5.32 Å². The molecule has 0 spiro atoms. The first kappa shape index (κ1) is 17.7. The lowest BCUT2D eigenvalue weighted by Crippen LogP contribution is -2.18. The summed E-state index contributed by atoms with van der Waals surface area (Å²) in [5.41, 5.74) is 1.72. The summed E-state index contributed by atoms with van der Waals surface area (Å²) in [6.45, 7) is 5.45. The Morgan fingerprint density at radius 2 is 2.00 bits per heavy atom. The third-order valence-corrected chi connectivity index (χ3v) is 4.84. The SMILES string of the molecule is CCOC(=O)c1sc(NC(=O)[C@@H](C)c2ccccc2)c(C#N)c1C. The Morgan fingerprint density at radius 3 is 2.58 bits per heavy atom. The maximum atomic E-state index is 12.5. The van der Waals surface area contributed by atoms with Crippen LogP contribution in [0.5, 0.6) is 0 Å². The van der Waals surface area contributed by atoms with Gasteiger partial charge in [0.15, 0.2) is 0 Å². The molecule has 0 aliphatic rings. The van der Waals surface area contributed by atoms with Gasteiger partial charge in [0.05, 0.1) is 18.1 Å². The van der Waals surface area contributed by atoms with Crippen LogP contribution in [0, 0.1) is 18.3 Å². The minimum Gasteiger partial charge on any atom is -0.462 e. The van der Waals surface area contributed by atoms with Gasteiger partial charge in [0.25, 0.3) is 0 Å². The second-order valence-electron chi connectivity index (χ2n) is 5.21. The van der Waals surface area contributed by atoms with Crippen molar-refractivity contribution in [1.29, 1.82) is 5.26 Å². The first-order valence-corrected chi connectivity index (χ1v) is 8.37. The van der Waals surface area contributed by atoms with Gasteiger partial charge in [-0.15, -0.1) is 11.3 Å².